The largest absolute Gasteiger partial charge is 0.292 e. The SMILES string of the molecule is O=C(c1cc(C(=O)C(Br)Br)cc(C(=O)C(Br)Br)c1)C(Br)Br. The zero-order chi connectivity index (χ0) is 16.3. The van der Waals surface area contributed by atoms with Gasteiger partial charge in [0, 0.05) is 16.7 Å². The van der Waals surface area contributed by atoms with Crippen molar-refractivity contribution in [1.82, 2.24) is 0 Å². The predicted molar refractivity (Wildman–Crippen MR) is 104 cm³/mol. The van der Waals surface area contributed by atoms with E-state index in [-0.39, 0.29) is 34.0 Å². The highest BCUT2D eigenvalue weighted by atomic mass is 79.9. The average molecular weight is 678 g/mol. The molecule has 1 aromatic carbocycles. The zero-order valence-corrected chi connectivity index (χ0v) is 19.5. The lowest BCUT2D eigenvalue weighted by molar-refractivity contribution is 0.101. The lowest BCUT2D eigenvalue weighted by atomic mass is 9.99. The number of Topliss-reactive ketones (excluding diaryl/α,β-unsaturated/α-hetero) is 3. The molecule has 0 atom stereocenters. The van der Waals surface area contributed by atoms with Crippen LogP contribution >= 0.6 is 95.6 Å². The van der Waals surface area contributed by atoms with Gasteiger partial charge in [0.15, 0.2) is 17.3 Å². The molecule has 0 aliphatic carbocycles. The Morgan fingerprint density at radius 1 is 0.571 bits per heavy atom. The molecule has 114 valence electrons. The van der Waals surface area contributed by atoms with Crippen LogP contribution in [0.15, 0.2) is 18.2 Å². The lowest BCUT2D eigenvalue weighted by Gasteiger charge is -2.10. The molecule has 1 rings (SSSR count). The van der Waals surface area contributed by atoms with E-state index in [2.05, 4.69) is 95.6 Å². The van der Waals surface area contributed by atoms with Crippen molar-refractivity contribution >= 4 is 113 Å². The number of halogens is 6. The second kappa shape index (κ2) is 8.82. The van der Waals surface area contributed by atoms with E-state index in [4.69, 9.17) is 0 Å². The summed E-state index contributed by atoms with van der Waals surface area (Å²) in [4.78, 5) is 36.2. The van der Waals surface area contributed by atoms with Gasteiger partial charge in [-0.05, 0) is 18.2 Å². The number of benzene rings is 1. The van der Waals surface area contributed by atoms with Crippen LogP contribution in [0.3, 0.4) is 0 Å². The molecule has 0 N–H and O–H groups in total. The van der Waals surface area contributed by atoms with E-state index in [1.165, 1.54) is 18.2 Å². The molecule has 0 bridgehead atoms. The minimum absolute atomic E-state index is 0.268. The molecule has 0 saturated carbocycles. The highest BCUT2D eigenvalue weighted by molar-refractivity contribution is 9.25. The van der Waals surface area contributed by atoms with E-state index < -0.39 is 11.2 Å². The highest BCUT2D eigenvalue weighted by Gasteiger charge is 2.23. The molecule has 0 saturated heterocycles. The van der Waals surface area contributed by atoms with Gasteiger partial charge < -0.3 is 0 Å². The molecule has 0 fully saturated rings. The fraction of sp³-hybridized carbons (Fsp3) is 0.250. The van der Waals surface area contributed by atoms with Crippen LogP contribution in [0.4, 0.5) is 0 Å². The molecule has 0 unspecified atom stereocenters. The lowest BCUT2D eigenvalue weighted by Crippen LogP contribution is -2.15. The molecule has 9 heteroatoms. The highest BCUT2D eigenvalue weighted by Crippen LogP contribution is 2.24. The van der Waals surface area contributed by atoms with Crippen molar-refractivity contribution in [3.05, 3.63) is 34.9 Å². The van der Waals surface area contributed by atoms with Gasteiger partial charge in [-0.15, -0.1) is 0 Å². The third-order valence-corrected chi connectivity index (χ3v) is 4.88. The minimum atomic E-state index is -0.592. The van der Waals surface area contributed by atoms with E-state index >= 15 is 0 Å². The van der Waals surface area contributed by atoms with E-state index in [0.29, 0.717) is 0 Å². The van der Waals surface area contributed by atoms with Crippen LogP contribution in [0.1, 0.15) is 31.1 Å². The molecule has 0 amide bonds. The Morgan fingerprint density at radius 2 is 0.762 bits per heavy atom. The standard InChI is InChI=1S/C12H6Br6O3/c13-10(14)7(19)4-1-5(8(20)11(15)16)3-6(2-4)9(21)12(17)18/h1-3,10-12H. The van der Waals surface area contributed by atoms with E-state index in [0.717, 1.165) is 0 Å². The van der Waals surface area contributed by atoms with Crippen molar-refractivity contribution in [3.8, 4) is 0 Å². The smallest absolute Gasteiger partial charge is 0.187 e. The number of hydrogen-bond donors (Lipinski definition) is 0. The third-order valence-electron chi connectivity index (χ3n) is 2.38. The number of alkyl halides is 6. The molecular formula is C12H6Br6O3. The van der Waals surface area contributed by atoms with Crippen LogP contribution in [0.25, 0.3) is 0 Å². The summed E-state index contributed by atoms with van der Waals surface area (Å²) in [6.07, 6.45) is 0. The summed E-state index contributed by atoms with van der Waals surface area (Å²) >= 11 is 18.7. The van der Waals surface area contributed by atoms with Crippen molar-refractivity contribution in [2.75, 3.05) is 0 Å². The molecule has 0 heterocycles. The summed E-state index contributed by atoms with van der Waals surface area (Å²) in [5.41, 5.74) is 0.803. The second-order valence-electron chi connectivity index (χ2n) is 3.79. The molecule has 0 aliphatic rings. The van der Waals surface area contributed by atoms with Gasteiger partial charge in [0.25, 0.3) is 0 Å². The van der Waals surface area contributed by atoms with Crippen LogP contribution in [-0.4, -0.2) is 28.6 Å². The van der Waals surface area contributed by atoms with Gasteiger partial charge in [0.05, 0.1) is 0 Å². The van der Waals surface area contributed by atoms with Gasteiger partial charge in [0.1, 0.15) is 11.2 Å². The predicted octanol–water partition coefficient (Wildman–Crippen LogP) is 5.58. The maximum Gasteiger partial charge on any atom is 0.187 e. The fourth-order valence-corrected chi connectivity index (χ4v) is 3.02. The number of hydrogen-bond acceptors (Lipinski definition) is 3. The zero-order valence-electron chi connectivity index (χ0n) is 9.96. The van der Waals surface area contributed by atoms with Crippen LogP contribution in [0.5, 0.6) is 0 Å². The average Bonchev–Trinajstić information content (AvgIpc) is 2.43. The Bertz CT molecular complexity index is 489. The Kier molecular flexibility index (Phi) is 8.47. The number of carbonyl (C=O) groups is 3. The molecule has 0 radical (unpaired) electrons. The van der Waals surface area contributed by atoms with Crippen molar-refractivity contribution in [2.24, 2.45) is 0 Å². The number of ketones is 3. The summed E-state index contributed by atoms with van der Waals surface area (Å²) in [5, 5.41) is 0. The first-order valence-corrected chi connectivity index (χ1v) is 10.8. The van der Waals surface area contributed by atoms with E-state index in [9.17, 15) is 14.4 Å². The fourth-order valence-electron chi connectivity index (χ4n) is 1.43. The summed E-state index contributed by atoms with van der Waals surface area (Å²) in [5.74, 6) is -0.833. The third kappa shape index (κ3) is 5.60. The van der Waals surface area contributed by atoms with Crippen molar-refractivity contribution in [3.63, 3.8) is 0 Å². The Hall–Kier alpha value is 1.11. The normalized spacial score (nSPS) is 11.3. The Balaban J connectivity index is 3.43. The molecule has 0 aromatic heterocycles. The van der Waals surface area contributed by atoms with E-state index in [1.807, 2.05) is 0 Å². The molecule has 0 spiro atoms. The van der Waals surface area contributed by atoms with Crippen LogP contribution in [0.2, 0.25) is 0 Å². The van der Waals surface area contributed by atoms with Crippen molar-refractivity contribution in [2.45, 2.75) is 11.2 Å². The number of rotatable bonds is 6. The van der Waals surface area contributed by atoms with Crippen molar-refractivity contribution in [1.29, 1.82) is 0 Å². The van der Waals surface area contributed by atoms with Crippen LogP contribution < -0.4 is 0 Å². The van der Waals surface area contributed by atoms with Gasteiger partial charge in [-0.2, -0.15) is 0 Å². The summed E-state index contributed by atoms with van der Waals surface area (Å²) < 4.78 is -1.78. The van der Waals surface area contributed by atoms with Crippen LogP contribution in [-0.2, 0) is 0 Å². The van der Waals surface area contributed by atoms with Gasteiger partial charge in [-0.3, -0.25) is 14.4 Å². The van der Waals surface area contributed by atoms with Crippen LogP contribution in [0, 0.1) is 0 Å². The van der Waals surface area contributed by atoms with Gasteiger partial charge >= 0.3 is 0 Å². The van der Waals surface area contributed by atoms with Gasteiger partial charge in [0.2, 0.25) is 0 Å². The maximum atomic E-state index is 12.1. The van der Waals surface area contributed by atoms with Gasteiger partial charge in [-0.1, -0.05) is 95.6 Å². The van der Waals surface area contributed by atoms with E-state index in [1.54, 1.807) is 0 Å². The van der Waals surface area contributed by atoms with Gasteiger partial charge in [-0.25, -0.2) is 0 Å². The summed E-state index contributed by atoms with van der Waals surface area (Å²) in [6, 6.07) is 4.39. The Labute approximate surface area is 171 Å². The topological polar surface area (TPSA) is 51.2 Å². The quantitative estimate of drug-likeness (QED) is 0.292. The molecular weight excluding hydrogens is 672 g/mol. The Morgan fingerprint density at radius 3 is 0.905 bits per heavy atom. The monoisotopic (exact) mass is 672 g/mol. The first-order valence-electron chi connectivity index (χ1n) is 5.27. The molecule has 0 aliphatic heterocycles. The first kappa shape index (κ1) is 20.2. The summed E-state index contributed by atoms with van der Waals surface area (Å²) in [7, 11) is 0. The number of carbonyl (C=O) groups excluding carboxylic acids is 3. The van der Waals surface area contributed by atoms with Crippen molar-refractivity contribution < 1.29 is 14.4 Å². The molecule has 1 aromatic rings. The second-order valence-corrected chi connectivity index (χ2v) is 13.0. The molecule has 3 nitrogen and oxygen atoms in total. The first-order chi connectivity index (χ1) is 9.65. The maximum absolute atomic E-state index is 12.1. The molecule has 21 heavy (non-hydrogen) atoms. The minimum Gasteiger partial charge on any atom is -0.292 e. The summed E-state index contributed by atoms with van der Waals surface area (Å²) in [6.45, 7) is 0.